The number of thioether (sulfide) groups is 1. The van der Waals surface area contributed by atoms with Crippen LogP contribution in [0, 0.1) is 5.92 Å². The van der Waals surface area contributed by atoms with Gasteiger partial charge in [0.2, 0.25) is 5.91 Å². The minimum atomic E-state index is -0.573. The fraction of sp³-hybridized carbons (Fsp3) is 0.375. The molecule has 2 atom stereocenters. The summed E-state index contributed by atoms with van der Waals surface area (Å²) in [4.78, 5) is 28.3. The zero-order valence-electron chi connectivity index (χ0n) is 22.2. The third kappa shape index (κ3) is 6.10. The number of rotatable bonds is 8. The number of carbonyl (C=O) groups excluding carboxylic acids is 2. The largest absolute Gasteiger partial charge is 0.458 e. The van der Waals surface area contributed by atoms with E-state index in [9.17, 15) is 9.59 Å². The molecule has 0 spiro atoms. The average molecular weight is 516 g/mol. The molecule has 4 rings (SSSR count). The molecule has 0 radical (unpaired) electrons. The summed E-state index contributed by atoms with van der Waals surface area (Å²) >= 11 is 1.78. The Bertz CT molecular complexity index is 1080. The van der Waals surface area contributed by atoms with Gasteiger partial charge in [-0.3, -0.25) is 4.79 Å². The first-order valence-corrected chi connectivity index (χ1v) is 14.0. The number of esters is 1. The Morgan fingerprint density at radius 1 is 0.865 bits per heavy atom. The number of ether oxygens (including phenoxy) is 1. The molecule has 1 amide bonds. The summed E-state index contributed by atoms with van der Waals surface area (Å²) in [5, 5.41) is 0. The molecule has 1 aliphatic heterocycles. The van der Waals surface area contributed by atoms with Crippen molar-refractivity contribution in [1.29, 1.82) is 0 Å². The van der Waals surface area contributed by atoms with Gasteiger partial charge in [-0.05, 0) is 50.3 Å². The van der Waals surface area contributed by atoms with E-state index >= 15 is 0 Å². The molecule has 3 aromatic carbocycles. The molecular weight excluding hydrogens is 478 g/mol. The fourth-order valence-electron chi connectivity index (χ4n) is 5.02. The molecule has 1 unspecified atom stereocenters. The number of likely N-dealkylation sites (tertiary alicyclic amines) is 1. The van der Waals surface area contributed by atoms with Crippen LogP contribution in [-0.2, 0) is 19.1 Å². The summed E-state index contributed by atoms with van der Waals surface area (Å²) in [7, 11) is 0. The Hall–Kier alpha value is -3.05. The summed E-state index contributed by atoms with van der Waals surface area (Å²) in [5.41, 5.74) is 2.94. The molecule has 37 heavy (non-hydrogen) atoms. The third-order valence-electron chi connectivity index (χ3n) is 6.73. The van der Waals surface area contributed by atoms with Crippen molar-refractivity contribution in [2.75, 3.05) is 12.3 Å². The maximum atomic E-state index is 13.7. The van der Waals surface area contributed by atoms with Crippen molar-refractivity contribution in [1.82, 2.24) is 4.90 Å². The highest BCUT2D eigenvalue weighted by atomic mass is 32.2. The Morgan fingerprint density at radius 2 is 1.32 bits per heavy atom. The standard InChI is InChI=1S/C32H37NO3S/c1-24(29(34)33-22-14-21-28(33)30(35)36-31(2,3)4)23-37-32(25-15-8-5-9-16-25,26-17-10-6-11-18-26)27-19-12-7-13-20-27/h5-13,15-20,24,28H,14,21-23H2,1-4H3/t24?,28-/m0/s1. The molecule has 0 aliphatic carbocycles. The van der Waals surface area contributed by atoms with Crippen molar-refractivity contribution < 1.29 is 14.3 Å². The summed E-state index contributed by atoms with van der Waals surface area (Å²) in [5.74, 6) is 0.0626. The van der Waals surface area contributed by atoms with Gasteiger partial charge >= 0.3 is 5.97 Å². The van der Waals surface area contributed by atoms with Crippen LogP contribution in [0.15, 0.2) is 91.0 Å². The number of benzene rings is 3. The average Bonchev–Trinajstić information content (AvgIpc) is 3.40. The maximum absolute atomic E-state index is 13.7. The quantitative estimate of drug-likeness (QED) is 0.248. The zero-order chi connectivity index (χ0) is 26.5. The molecule has 1 aliphatic rings. The molecule has 0 N–H and O–H groups in total. The van der Waals surface area contributed by atoms with Gasteiger partial charge in [0.25, 0.3) is 0 Å². The van der Waals surface area contributed by atoms with E-state index in [0.29, 0.717) is 18.7 Å². The first kappa shape index (κ1) is 27.0. The Labute approximate surface area is 225 Å². The Kier molecular flexibility index (Phi) is 8.43. The van der Waals surface area contributed by atoms with E-state index in [0.717, 1.165) is 6.42 Å². The highest BCUT2D eigenvalue weighted by Crippen LogP contribution is 2.49. The maximum Gasteiger partial charge on any atom is 0.329 e. The van der Waals surface area contributed by atoms with Crippen LogP contribution in [0.4, 0.5) is 0 Å². The van der Waals surface area contributed by atoms with E-state index in [1.54, 1.807) is 16.7 Å². The van der Waals surface area contributed by atoms with Crippen molar-refractivity contribution in [2.24, 2.45) is 5.92 Å². The monoisotopic (exact) mass is 515 g/mol. The second-order valence-electron chi connectivity index (χ2n) is 10.7. The van der Waals surface area contributed by atoms with Gasteiger partial charge in [-0.15, -0.1) is 11.8 Å². The molecule has 1 fully saturated rings. The van der Waals surface area contributed by atoms with Crippen molar-refractivity contribution in [3.63, 3.8) is 0 Å². The van der Waals surface area contributed by atoms with Crippen molar-refractivity contribution in [2.45, 2.75) is 56.9 Å². The normalized spacial score (nSPS) is 16.9. The second kappa shape index (κ2) is 11.6. The van der Waals surface area contributed by atoms with Gasteiger partial charge in [0.05, 0.1) is 4.75 Å². The second-order valence-corrected chi connectivity index (χ2v) is 11.9. The molecular formula is C32H37NO3S. The molecule has 5 heteroatoms. The molecule has 3 aromatic rings. The van der Waals surface area contributed by atoms with Crippen LogP contribution >= 0.6 is 11.8 Å². The lowest BCUT2D eigenvalue weighted by Crippen LogP contribution is -2.46. The van der Waals surface area contributed by atoms with Gasteiger partial charge in [0, 0.05) is 18.2 Å². The van der Waals surface area contributed by atoms with Crippen LogP contribution in [0.5, 0.6) is 0 Å². The van der Waals surface area contributed by atoms with Crippen molar-refractivity contribution in [3.05, 3.63) is 108 Å². The van der Waals surface area contributed by atoms with Gasteiger partial charge in [-0.25, -0.2) is 4.79 Å². The SMILES string of the molecule is CC(CSC(c1ccccc1)(c1ccccc1)c1ccccc1)C(=O)N1CCC[C@H]1C(=O)OC(C)(C)C. The van der Waals surface area contributed by atoms with E-state index in [4.69, 9.17) is 4.74 Å². The summed E-state index contributed by atoms with van der Waals surface area (Å²) < 4.78 is 5.15. The number of hydrogen-bond acceptors (Lipinski definition) is 4. The van der Waals surface area contributed by atoms with Crippen molar-refractivity contribution >= 4 is 23.6 Å². The summed E-state index contributed by atoms with van der Waals surface area (Å²) in [6, 6.07) is 31.0. The molecule has 0 aromatic heterocycles. The minimum Gasteiger partial charge on any atom is -0.458 e. The van der Waals surface area contributed by atoms with Crippen LogP contribution in [0.25, 0.3) is 0 Å². The molecule has 0 saturated carbocycles. The Morgan fingerprint density at radius 3 is 1.76 bits per heavy atom. The van der Waals surface area contributed by atoms with Gasteiger partial charge in [0.1, 0.15) is 11.6 Å². The minimum absolute atomic E-state index is 0.0175. The lowest BCUT2D eigenvalue weighted by Gasteiger charge is -2.36. The van der Waals surface area contributed by atoms with Crippen LogP contribution < -0.4 is 0 Å². The van der Waals surface area contributed by atoms with Crippen LogP contribution in [0.1, 0.15) is 57.2 Å². The van der Waals surface area contributed by atoms with Gasteiger partial charge in [-0.2, -0.15) is 0 Å². The van der Waals surface area contributed by atoms with E-state index in [1.807, 2.05) is 45.9 Å². The summed E-state index contributed by atoms with van der Waals surface area (Å²) in [6.45, 7) is 8.16. The predicted molar refractivity (Wildman–Crippen MR) is 151 cm³/mol. The van der Waals surface area contributed by atoms with Crippen molar-refractivity contribution in [3.8, 4) is 0 Å². The van der Waals surface area contributed by atoms with Crippen LogP contribution in [0.3, 0.4) is 0 Å². The molecule has 4 nitrogen and oxygen atoms in total. The lowest BCUT2D eigenvalue weighted by molar-refractivity contribution is -0.163. The molecule has 0 bridgehead atoms. The van der Waals surface area contributed by atoms with E-state index in [1.165, 1.54) is 16.7 Å². The number of nitrogens with zero attached hydrogens (tertiary/aromatic N) is 1. The van der Waals surface area contributed by atoms with E-state index in [-0.39, 0.29) is 17.8 Å². The number of carbonyl (C=O) groups is 2. The first-order valence-electron chi connectivity index (χ1n) is 13.1. The lowest BCUT2D eigenvalue weighted by atomic mass is 9.84. The third-order valence-corrected chi connectivity index (χ3v) is 8.53. The van der Waals surface area contributed by atoms with Gasteiger partial charge < -0.3 is 9.64 Å². The van der Waals surface area contributed by atoms with Crippen LogP contribution in [0.2, 0.25) is 0 Å². The smallest absolute Gasteiger partial charge is 0.329 e. The zero-order valence-corrected chi connectivity index (χ0v) is 23.0. The Balaban J connectivity index is 1.63. The predicted octanol–water partition coefficient (Wildman–Crippen LogP) is 6.68. The van der Waals surface area contributed by atoms with Gasteiger partial charge in [0.15, 0.2) is 0 Å². The summed E-state index contributed by atoms with van der Waals surface area (Å²) in [6.07, 6.45) is 1.47. The number of amides is 1. The highest BCUT2D eigenvalue weighted by Gasteiger charge is 2.41. The number of hydrogen-bond donors (Lipinski definition) is 0. The highest BCUT2D eigenvalue weighted by molar-refractivity contribution is 8.00. The van der Waals surface area contributed by atoms with Crippen LogP contribution in [-0.4, -0.2) is 40.7 Å². The first-order chi connectivity index (χ1) is 17.7. The molecule has 1 saturated heterocycles. The van der Waals surface area contributed by atoms with E-state index in [2.05, 4.69) is 72.8 Å². The molecule has 194 valence electrons. The topological polar surface area (TPSA) is 46.6 Å². The molecule has 1 heterocycles. The van der Waals surface area contributed by atoms with E-state index < -0.39 is 16.4 Å². The fourth-order valence-corrected chi connectivity index (χ4v) is 6.57. The van der Waals surface area contributed by atoms with Gasteiger partial charge in [-0.1, -0.05) is 97.9 Å².